The lowest BCUT2D eigenvalue weighted by Crippen LogP contribution is -2.56. The highest BCUT2D eigenvalue weighted by Gasteiger charge is 2.49. The summed E-state index contributed by atoms with van der Waals surface area (Å²) >= 11 is 8.30. The minimum atomic E-state index is -4.56. The Balaban J connectivity index is 0.724. The van der Waals surface area contributed by atoms with Crippen molar-refractivity contribution in [1.82, 2.24) is 35.1 Å². The molecule has 1 saturated heterocycles. The van der Waals surface area contributed by atoms with Gasteiger partial charge in [0.15, 0.2) is 5.82 Å². The van der Waals surface area contributed by atoms with Gasteiger partial charge >= 0.3 is 0 Å². The topological polar surface area (TPSA) is 271 Å². The largest absolute Gasteiger partial charge is 0.491 e. The molecule has 3 atom stereocenters. The van der Waals surface area contributed by atoms with Crippen LogP contribution in [0.3, 0.4) is 0 Å². The fourth-order valence-electron chi connectivity index (χ4n) is 10.4. The zero-order valence-corrected chi connectivity index (χ0v) is 51.0. The Morgan fingerprint density at radius 3 is 2.26 bits per heavy atom. The standard InChI is InChI=1S/C60H65ClF3N11O11S2/c1-5-66-51(76)32-48-56-72-71-38(4)73(56)59-53(36(2)37(3)87-59)54(70-48)40-10-12-44(13-11-40)86-27-26-85-25-24-84-23-22-83-21-20-82-19-18-68-88(80,81)45-30-41(62)29-43(31-45)74(58(79)49-14-15-52(77)75(49)50-28-39(35-65)16-17-67-50)55(46-8-6-7-9-47(46)61)57(78)69-42-33-60(63,64)34-42/h6-13,16-17,28-31,42,48-49,55,68H,5,14-15,18-27,32-34H2,1-4H3,(H,66,76)(H,69,78)/t48-,49-,55?/m0/s1. The maximum atomic E-state index is 15.9. The number of alkyl halides is 2. The van der Waals surface area contributed by atoms with E-state index in [4.69, 9.17) is 40.3 Å². The van der Waals surface area contributed by atoms with Crippen molar-refractivity contribution in [2.45, 2.75) is 94.8 Å². The third-order valence-electron chi connectivity index (χ3n) is 14.7. The maximum Gasteiger partial charge on any atom is 0.252 e. The molecule has 9 rings (SSSR count). The number of nitriles is 1. The van der Waals surface area contributed by atoms with Crippen LogP contribution in [-0.2, 0) is 48.1 Å². The van der Waals surface area contributed by atoms with Crippen molar-refractivity contribution in [2.24, 2.45) is 4.99 Å². The second-order valence-electron chi connectivity index (χ2n) is 20.9. The molecule has 0 spiro atoms. The molecule has 466 valence electrons. The Kier molecular flexibility index (Phi) is 21.4. The number of sulfonamides is 1. The minimum absolute atomic E-state index is 0.0213. The number of hydrogen-bond donors (Lipinski definition) is 3. The minimum Gasteiger partial charge on any atom is -0.491 e. The molecule has 2 aliphatic heterocycles. The van der Waals surface area contributed by atoms with Crippen molar-refractivity contribution in [2.75, 3.05) is 82.4 Å². The van der Waals surface area contributed by atoms with Crippen LogP contribution in [0.5, 0.6) is 5.75 Å². The predicted octanol–water partition coefficient (Wildman–Crippen LogP) is 7.34. The van der Waals surface area contributed by atoms with Gasteiger partial charge in [-0.2, -0.15) is 5.26 Å². The van der Waals surface area contributed by atoms with Gasteiger partial charge in [-0.1, -0.05) is 29.8 Å². The normalized spacial score (nSPS) is 16.6. The molecular weight excluding hydrogens is 1210 g/mol. The van der Waals surface area contributed by atoms with E-state index in [-0.39, 0.29) is 86.7 Å². The van der Waals surface area contributed by atoms with E-state index in [2.05, 4.69) is 44.4 Å². The van der Waals surface area contributed by atoms with Gasteiger partial charge in [-0.05, 0) is 100 Å². The third kappa shape index (κ3) is 15.4. The number of nitrogens with one attached hydrogen (secondary N) is 3. The lowest BCUT2D eigenvalue weighted by atomic mass is 9.87. The number of fused-ring (bicyclic) bond motifs is 3. The van der Waals surface area contributed by atoms with E-state index in [1.807, 2.05) is 48.7 Å². The van der Waals surface area contributed by atoms with Gasteiger partial charge < -0.3 is 34.3 Å². The SMILES string of the molecule is CCNC(=O)C[C@@H]1N=C(c2ccc(OCCOCCOCCOCCOCCNS(=O)(=O)c3cc(F)cc(N(C(=O)[C@@H]4CCC(=O)N4c4cc(C#N)ccn4)C(C(=O)NC4CC(F)(F)C4)c4ccccc4Cl)c3)cc2)c2c(sc(C)c2C)-n2c(C)nnc21. The number of carbonyl (C=O) groups is 4. The zero-order valence-electron chi connectivity index (χ0n) is 48.6. The first-order valence-corrected chi connectivity index (χ1v) is 31.1. The van der Waals surface area contributed by atoms with Gasteiger partial charge in [-0.3, -0.25) is 38.5 Å². The molecule has 3 aromatic heterocycles. The molecule has 28 heteroatoms. The number of rotatable bonds is 29. The number of amides is 4. The molecule has 1 saturated carbocycles. The van der Waals surface area contributed by atoms with Crippen LogP contribution < -0.4 is 29.9 Å². The number of aliphatic imine (C=N–C) groups is 1. The average molecular weight is 1270 g/mol. The second-order valence-corrected chi connectivity index (χ2v) is 24.2. The first-order chi connectivity index (χ1) is 42.3. The van der Waals surface area contributed by atoms with Crippen LogP contribution in [0, 0.1) is 37.9 Å². The summed E-state index contributed by atoms with van der Waals surface area (Å²) < 4.78 is 104. The molecule has 5 heterocycles. The summed E-state index contributed by atoms with van der Waals surface area (Å²) in [5.74, 6) is -4.94. The molecule has 22 nitrogen and oxygen atoms in total. The molecule has 3 N–H and O–H groups in total. The summed E-state index contributed by atoms with van der Waals surface area (Å²) in [5, 5.41) is 24.7. The fourth-order valence-corrected chi connectivity index (χ4v) is 12.9. The van der Waals surface area contributed by atoms with Crippen molar-refractivity contribution in [1.29, 1.82) is 5.26 Å². The van der Waals surface area contributed by atoms with Crippen molar-refractivity contribution < 1.29 is 64.5 Å². The number of thiophene rings is 1. The van der Waals surface area contributed by atoms with E-state index in [1.54, 1.807) is 11.3 Å². The molecule has 2 fully saturated rings. The molecule has 3 aromatic carbocycles. The van der Waals surface area contributed by atoms with Gasteiger partial charge in [-0.15, -0.1) is 21.5 Å². The summed E-state index contributed by atoms with van der Waals surface area (Å²) in [5.41, 5.74) is 3.36. The summed E-state index contributed by atoms with van der Waals surface area (Å²) in [4.78, 5) is 67.6. The molecule has 1 aliphatic carbocycles. The van der Waals surface area contributed by atoms with Crippen molar-refractivity contribution >= 4 is 73.8 Å². The van der Waals surface area contributed by atoms with Gasteiger partial charge in [0.05, 0.1) is 81.5 Å². The van der Waals surface area contributed by atoms with Gasteiger partial charge in [0.25, 0.3) is 11.8 Å². The van der Waals surface area contributed by atoms with Gasteiger partial charge in [0.2, 0.25) is 27.7 Å². The Bertz CT molecular complexity index is 3710. The van der Waals surface area contributed by atoms with Crippen LogP contribution in [0.2, 0.25) is 5.02 Å². The van der Waals surface area contributed by atoms with E-state index < -0.39 is 87.1 Å². The van der Waals surface area contributed by atoms with E-state index in [0.29, 0.717) is 50.6 Å². The molecule has 0 radical (unpaired) electrons. The van der Waals surface area contributed by atoms with Crippen molar-refractivity contribution in [3.05, 3.63) is 140 Å². The van der Waals surface area contributed by atoms with Crippen molar-refractivity contribution in [3.63, 3.8) is 0 Å². The quantitative estimate of drug-likeness (QED) is 0.0388. The number of halogens is 4. The van der Waals surface area contributed by atoms with Crippen LogP contribution in [0.15, 0.2) is 94.9 Å². The lowest BCUT2D eigenvalue weighted by Gasteiger charge is -2.39. The summed E-state index contributed by atoms with van der Waals surface area (Å²) in [6, 6.07) is 15.8. The van der Waals surface area contributed by atoms with Crippen LogP contribution in [0.1, 0.15) is 95.5 Å². The molecular formula is C60H65ClF3N11O11S2. The highest BCUT2D eigenvalue weighted by Crippen LogP contribution is 2.42. The van der Waals surface area contributed by atoms with E-state index in [0.717, 1.165) is 60.0 Å². The fraction of sp³-hybridized carbons (Fsp3) is 0.417. The number of ether oxygens (including phenoxy) is 5. The van der Waals surface area contributed by atoms with Crippen LogP contribution in [-0.4, -0.2) is 148 Å². The van der Waals surface area contributed by atoms with E-state index >= 15 is 9.18 Å². The molecule has 3 aliphatic rings. The number of aryl methyl sites for hydroxylation is 2. The smallest absolute Gasteiger partial charge is 0.252 e. The Hall–Kier alpha value is -7.68. The summed E-state index contributed by atoms with van der Waals surface area (Å²) in [7, 11) is -4.56. The number of carbonyl (C=O) groups excluding carboxylic acids is 4. The predicted molar refractivity (Wildman–Crippen MR) is 319 cm³/mol. The number of benzene rings is 3. The van der Waals surface area contributed by atoms with Gasteiger partial charge in [0.1, 0.15) is 52.9 Å². The van der Waals surface area contributed by atoms with E-state index in [9.17, 15) is 36.8 Å². The monoisotopic (exact) mass is 1270 g/mol. The Morgan fingerprint density at radius 2 is 1.59 bits per heavy atom. The first-order valence-electron chi connectivity index (χ1n) is 28.4. The summed E-state index contributed by atoms with van der Waals surface area (Å²) in [6.07, 6.45) is -0.313. The van der Waals surface area contributed by atoms with Crippen molar-refractivity contribution in [3.8, 4) is 16.8 Å². The molecule has 6 aromatic rings. The Morgan fingerprint density at radius 1 is 0.909 bits per heavy atom. The van der Waals surface area contributed by atoms with Gasteiger partial charge in [0, 0.05) is 76.9 Å². The highest BCUT2D eigenvalue weighted by molar-refractivity contribution is 7.89. The first kappa shape index (κ1) is 64.8. The number of aromatic nitrogens is 4. The molecule has 4 amide bonds. The Labute approximate surface area is 515 Å². The zero-order chi connectivity index (χ0) is 62.7. The summed E-state index contributed by atoms with van der Waals surface area (Å²) in [6.45, 7) is 9.98. The third-order valence-corrected chi connectivity index (χ3v) is 17.7. The average Bonchev–Trinajstić information content (AvgIpc) is 1.58. The molecule has 0 bridgehead atoms. The number of nitrogens with zero attached hydrogens (tertiary/aromatic N) is 8. The van der Waals surface area contributed by atoms with Crippen LogP contribution >= 0.6 is 22.9 Å². The van der Waals surface area contributed by atoms with E-state index in [1.165, 1.54) is 42.6 Å². The second kappa shape index (κ2) is 29.1. The number of pyridine rings is 1. The maximum absolute atomic E-state index is 15.9. The molecule has 88 heavy (non-hydrogen) atoms. The highest BCUT2D eigenvalue weighted by atomic mass is 35.5. The van der Waals surface area contributed by atoms with Crippen LogP contribution in [0.25, 0.3) is 5.00 Å². The van der Waals surface area contributed by atoms with Gasteiger partial charge in [-0.25, -0.2) is 31.3 Å². The number of anilines is 2. The molecule has 1 unspecified atom stereocenters. The van der Waals surface area contributed by atoms with Crippen LogP contribution in [0.4, 0.5) is 24.7 Å². The lowest BCUT2D eigenvalue weighted by molar-refractivity contribution is -0.133. The number of hydrogen-bond acceptors (Lipinski definition) is 17.